The third-order valence-corrected chi connectivity index (χ3v) is 6.29. The summed E-state index contributed by atoms with van der Waals surface area (Å²) < 4.78 is 19.0. The zero-order chi connectivity index (χ0) is 15.3. The van der Waals surface area contributed by atoms with E-state index in [4.69, 9.17) is 4.74 Å². The summed E-state index contributed by atoms with van der Waals surface area (Å²) in [5, 5.41) is 1.28. The Labute approximate surface area is 124 Å². The molecular formula is C17H17O3P. The van der Waals surface area contributed by atoms with Gasteiger partial charge in [0, 0.05) is 17.5 Å². The summed E-state index contributed by atoms with van der Waals surface area (Å²) in [5.74, 6) is -1.35. The lowest BCUT2D eigenvalue weighted by Gasteiger charge is -2.25. The first-order valence-corrected chi connectivity index (χ1v) is 8.37. The van der Waals surface area contributed by atoms with Crippen molar-refractivity contribution in [3.63, 3.8) is 0 Å². The van der Waals surface area contributed by atoms with Crippen molar-refractivity contribution in [1.82, 2.24) is 0 Å². The zero-order valence-corrected chi connectivity index (χ0v) is 12.7. The van der Waals surface area contributed by atoms with Crippen molar-refractivity contribution in [3.8, 4) is 0 Å². The number of hydrogen-bond donors (Lipinski definition) is 0. The molecule has 21 heavy (non-hydrogen) atoms. The summed E-state index contributed by atoms with van der Waals surface area (Å²) >= 11 is 0. The maximum atomic E-state index is 13.7. The van der Waals surface area contributed by atoms with Crippen LogP contribution in [0.3, 0.4) is 0 Å². The number of rotatable bonds is 5. The lowest BCUT2D eigenvalue weighted by molar-refractivity contribution is -0.141. The highest BCUT2D eigenvalue weighted by atomic mass is 31.2. The summed E-state index contributed by atoms with van der Waals surface area (Å²) in [4.78, 5) is 11.3. The van der Waals surface area contributed by atoms with Gasteiger partial charge in [0.1, 0.15) is 0 Å². The van der Waals surface area contributed by atoms with Gasteiger partial charge in [-0.05, 0) is 6.08 Å². The molecular weight excluding hydrogens is 283 g/mol. The molecule has 0 fully saturated rings. The van der Waals surface area contributed by atoms with E-state index >= 15 is 0 Å². The Kier molecular flexibility index (Phi) is 4.77. The van der Waals surface area contributed by atoms with Crippen molar-refractivity contribution in [2.75, 3.05) is 0 Å². The van der Waals surface area contributed by atoms with E-state index in [0.29, 0.717) is 10.6 Å². The number of carbonyl (C=O) groups is 1. The van der Waals surface area contributed by atoms with Gasteiger partial charge in [-0.1, -0.05) is 67.2 Å². The maximum Gasteiger partial charge on any atom is 0.303 e. The van der Waals surface area contributed by atoms with E-state index in [9.17, 15) is 9.36 Å². The zero-order valence-electron chi connectivity index (χ0n) is 11.8. The number of benzene rings is 2. The van der Waals surface area contributed by atoms with E-state index in [1.165, 1.54) is 13.0 Å². The standard InChI is InChI=1S/C17H17O3P/c1-3-17(20-14(2)18)21(19,15-10-6-4-7-11-15)16-12-8-5-9-13-16/h3-13,17H,1H2,2H3. The normalized spacial score (nSPS) is 12.4. The Morgan fingerprint density at radius 1 is 1.05 bits per heavy atom. The summed E-state index contributed by atoms with van der Waals surface area (Å²) in [6.07, 6.45) is 1.43. The van der Waals surface area contributed by atoms with Gasteiger partial charge in [-0.15, -0.1) is 0 Å². The fourth-order valence-electron chi connectivity index (χ4n) is 2.18. The molecule has 1 unspecified atom stereocenters. The molecule has 0 saturated heterocycles. The number of hydrogen-bond acceptors (Lipinski definition) is 3. The lowest BCUT2D eigenvalue weighted by Crippen LogP contribution is -2.27. The quantitative estimate of drug-likeness (QED) is 0.484. The molecule has 0 bridgehead atoms. The predicted octanol–water partition coefficient (Wildman–Crippen LogP) is 3.08. The van der Waals surface area contributed by atoms with Gasteiger partial charge in [0.15, 0.2) is 13.0 Å². The SMILES string of the molecule is C=CC(OC(C)=O)P(=O)(c1ccccc1)c1ccccc1. The molecule has 0 spiro atoms. The van der Waals surface area contributed by atoms with Crippen LogP contribution < -0.4 is 10.6 Å². The number of esters is 1. The highest BCUT2D eigenvalue weighted by Gasteiger charge is 2.37. The molecule has 3 nitrogen and oxygen atoms in total. The Hall–Kier alpha value is -2.12. The molecule has 0 aliphatic rings. The van der Waals surface area contributed by atoms with Crippen LogP contribution in [-0.4, -0.2) is 11.8 Å². The summed E-state index contributed by atoms with van der Waals surface area (Å²) in [7, 11) is -3.15. The van der Waals surface area contributed by atoms with Gasteiger partial charge in [0.05, 0.1) is 0 Å². The van der Waals surface area contributed by atoms with Crippen molar-refractivity contribution in [2.24, 2.45) is 0 Å². The van der Waals surface area contributed by atoms with Crippen molar-refractivity contribution < 1.29 is 14.1 Å². The Morgan fingerprint density at radius 2 is 1.48 bits per heavy atom. The second kappa shape index (κ2) is 6.55. The molecule has 4 heteroatoms. The Morgan fingerprint density at radius 3 is 1.81 bits per heavy atom. The van der Waals surface area contributed by atoms with Crippen LogP contribution in [0.15, 0.2) is 73.3 Å². The minimum atomic E-state index is -3.15. The van der Waals surface area contributed by atoms with Gasteiger partial charge in [-0.25, -0.2) is 0 Å². The molecule has 0 radical (unpaired) electrons. The average molecular weight is 300 g/mol. The van der Waals surface area contributed by atoms with E-state index in [0.717, 1.165) is 0 Å². The second-order valence-corrected chi connectivity index (χ2v) is 7.42. The van der Waals surface area contributed by atoms with Gasteiger partial charge >= 0.3 is 5.97 Å². The van der Waals surface area contributed by atoms with Crippen molar-refractivity contribution >= 4 is 23.7 Å². The molecule has 108 valence electrons. The van der Waals surface area contributed by atoms with Crippen molar-refractivity contribution in [3.05, 3.63) is 73.3 Å². The van der Waals surface area contributed by atoms with Crippen LogP contribution in [0.25, 0.3) is 0 Å². The van der Waals surface area contributed by atoms with Crippen LogP contribution in [0.1, 0.15) is 6.92 Å². The highest BCUT2D eigenvalue weighted by Crippen LogP contribution is 2.49. The molecule has 0 saturated carbocycles. The molecule has 0 aromatic heterocycles. The van der Waals surface area contributed by atoms with Gasteiger partial charge in [0.2, 0.25) is 0 Å². The van der Waals surface area contributed by atoms with E-state index < -0.39 is 19.0 Å². The summed E-state index contributed by atoms with van der Waals surface area (Å²) in [5.41, 5.74) is 0. The van der Waals surface area contributed by atoms with Crippen LogP contribution in [0.4, 0.5) is 0 Å². The third kappa shape index (κ3) is 3.14. The van der Waals surface area contributed by atoms with Gasteiger partial charge in [-0.2, -0.15) is 0 Å². The molecule has 2 aromatic carbocycles. The fraction of sp³-hybridized carbons (Fsp3) is 0.118. The smallest absolute Gasteiger partial charge is 0.303 e. The van der Waals surface area contributed by atoms with Gasteiger partial charge < -0.3 is 9.30 Å². The molecule has 0 aliphatic heterocycles. The van der Waals surface area contributed by atoms with E-state index in [1.807, 2.05) is 36.4 Å². The molecule has 1 atom stereocenters. The summed E-state index contributed by atoms with van der Waals surface area (Å²) in [6.45, 7) is 4.98. The number of ether oxygens (including phenoxy) is 1. The highest BCUT2D eigenvalue weighted by molar-refractivity contribution is 7.79. The van der Waals surface area contributed by atoms with E-state index in [2.05, 4.69) is 6.58 Å². The van der Waals surface area contributed by atoms with Crippen LogP contribution in [-0.2, 0) is 14.1 Å². The van der Waals surface area contributed by atoms with Crippen molar-refractivity contribution in [1.29, 1.82) is 0 Å². The second-order valence-electron chi connectivity index (χ2n) is 4.56. The molecule has 0 amide bonds. The first-order valence-electron chi connectivity index (χ1n) is 6.59. The topological polar surface area (TPSA) is 43.4 Å². The van der Waals surface area contributed by atoms with Crippen molar-refractivity contribution in [2.45, 2.75) is 12.8 Å². The molecule has 2 aromatic rings. The first-order chi connectivity index (χ1) is 10.1. The van der Waals surface area contributed by atoms with Gasteiger partial charge in [0.25, 0.3) is 0 Å². The van der Waals surface area contributed by atoms with Crippen LogP contribution >= 0.6 is 7.14 Å². The minimum absolute atomic E-state index is 0.480. The monoisotopic (exact) mass is 300 g/mol. The van der Waals surface area contributed by atoms with Crippen LogP contribution in [0.2, 0.25) is 0 Å². The fourth-order valence-corrected chi connectivity index (χ4v) is 4.89. The van der Waals surface area contributed by atoms with E-state index in [-0.39, 0.29) is 0 Å². The molecule has 0 aliphatic carbocycles. The molecule has 2 rings (SSSR count). The average Bonchev–Trinajstić information content (AvgIpc) is 2.53. The predicted molar refractivity (Wildman–Crippen MR) is 85.5 cm³/mol. The van der Waals surface area contributed by atoms with Crippen LogP contribution in [0.5, 0.6) is 0 Å². The number of carbonyl (C=O) groups excluding carboxylic acids is 1. The Bertz CT molecular complexity index is 621. The van der Waals surface area contributed by atoms with Gasteiger partial charge in [-0.3, -0.25) is 4.79 Å². The van der Waals surface area contributed by atoms with Crippen LogP contribution in [0, 0.1) is 0 Å². The largest absolute Gasteiger partial charge is 0.450 e. The van der Waals surface area contributed by atoms with E-state index in [1.54, 1.807) is 24.3 Å². The molecule has 0 N–H and O–H groups in total. The lowest BCUT2D eigenvalue weighted by atomic mass is 10.4. The minimum Gasteiger partial charge on any atom is -0.450 e. The summed E-state index contributed by atoms with van der Waals surface area (Å²) in [6, 6.07) is 18.1. The third-order valence-electron chi connectivity index (χ3n) is 3.13. The Balaban J connectivity index is 2.62. The first kappa shape index (κ1) is 15.3. The maximum absolute atomic E-state index is 13.7. The molecule has 0 heterocycles.